The first kappa shape index (κ1) is 14.8. The zero-order valence-corrected chi connectivity index (χ0v) is 13.0. The minimum atomic E-state index is -0.465. The standard InChI is InChI=1S/C19H20FNO/c1-3-21(17-6-4-5-14(2)13-17)18(22)19(11-12-19)15-7-9-16(20)10-8-15/h4-10,13H,3,11-12H2,1-2H3. The van der Waals surface area contributed by atoms with Crippen LogP contribution in [0.25, 0.3) is 0 Å². The van der Waals surface area contributed by atoms with Gasteiger partial charge in [-0.05, 0) is 62.1 Å². The SMILES string of the molecule is CCN(C(=O)C1(c2ccc(F)cc2)CC1)c1cccc(C)c1. The molecule has 3 rings (SSSR count). The van der Waals surface area contributed by atoms with E-state index in [4.69, 9.17) is 0 Å². The molecule has 2 aromatic rings. The van der Waals surface area contributed by atoms with Gasteiger partial charge in [-0.3, -0.25) is 4.79 Å². The van der Waals surface area contributed by atoms with Crippen LogP contribution in [0.3, 0.4) is 0 Å². The lowest BCUT2D eigenvalue weighted by atomic mass is 9.94. The summed E-state index contributed by atoms with van der Waals surface area (Å²) in [5.41, 5.74) is 2.52. The fraction of sp³-hybridized carbons (Fsp3) is 0.316. The molecule has 0 radical (unpaired) electrons. The molecule has 0 aliphatic heterocycles. The van der Waals surface area contributed by atoms with E-state index < -0.39 is 5.41 Å². The molecular formula is C19H20FNO. The van der Waals surface area contributed by atoms with Gasteiger partial charge >= 0.3 is 0 Å². The molecule has 0 N–H and O–H groups in total. The summed E-state index contributed by atoms with van der Waals surface area (Å²) < 4.78 is 13.1. The van der Waals surface area contributed by atoms with E-state index in [1.165, 1.54) is 12.1 Å². The molecule has 1 fully saturated rings. The van der Waals surface area contributed by atoms with Crippen molar-refractivity contribution in [3.63, 3.8) is 0 Å². The summed E-state index contributed by atoms with van der Waals surface area (Å²) >= 11 is 0. The average molecular weight is 297 g/mol. The number of carbonyl (C=O) groups is 1. The smallest absolute Gasteiger partial charge is 0.237 e. The number of benzene rings is 2. The fourth-order valence-electron chi connectivity index (χ4n) is 3.02. The molecular weight excluding hydrogens is 277 g/mol. The fourth-order valence-corrected chi connectivity index (χ4v) is 3.02. The van der Waals surface area contributed by atoms with E-state index in [2.05, 4.69) is 0 Å². The molecule has 1 aliphatic rings. The third-order valence-electron chi connectivity index (χ3n) is 4.43. The van der Waals surface area contributed by atoms with Crippen molar-refractivity contribution >= 4 is 11.6 Å². The second kappa shape index (κ2) is 5.56. The van der Waals surface area contributed by atoms with Gasteiger partial charge in [-0.25, -0.2) is 4.39 Å². The molecule has 0 aromatic heterocycles. The predicted octanol–water partition coefficient (Wildman–Crippen LogP) is 4.22. The number of rotatable bonds is 4. The van der Waals surface area contributed by atoms with Gasteiger partial charge in [-0.15, -0.1) is 0 Å². The van der Waals surface area contributed by atoms with E-state index in [0.717, 1.165) is 29.7 Å². The van der Waals surface area contributed by atoms with Crippen LogP contribution in [0, 0.1) is 12.7 Å². The summed E-state index contributed by atoms with van der Waals surface area (Å²) in [5, 5.41) is 0. The number of carbonyl (C=O) groups excluding carboxylic acids is 1. The summed E-state index contributed by atoms with van der Waals surface area (Å²) in [5.74, 6) is -0.148. The molecule has 22 heavy (non-hydrogen) atoms. The van der Waals surface area contributed by atoms with Crippen LogP contribution in [0.4, 0.5) is 10.1 Å². The van der Waals surface area contributed by atoms with Gasteiger partial charge in [0.15, 0.2) is 0 Å². The Hall–Kier alpha value is -2.16. The summed E-state index contributed by atoms with van der Waals surface area (Å²) in [6, 6.07) is 14.3. The van der Waals surface area contributed by atoms with Crippen LogP contribution >= 0.6 is 0 Å². The Bertz CT molecular complexity index is 689. The van der Waals surface area contributed by atoms with Gasteiger partial charge < -0.3 is 4.90 Å². The van der Waals surface area contributed by atoms with Gasteiger partial charge in [-0.1, -0.05) is 24.3 Å². The molecule has 0 spiro atoms. The molecule has 3 heteroatoms. The van der Waals surface area contributed by atoms with Crippen LogP contribution in [0.15, 0.2) is 48.5 Å². The normalized spacial score (nSPS) is 15.4. The first-order valence-electron chi connectivity index (χ1n) is 7.71. The second-order valence-corrected chi connectivity index (χ2v) is 5.98. The molecule has 1 amide bonds. The van der Waals surface area contributed by atoms with E-state index in [1.54, 1.807) is 12.1 Å². The number of aryl methyl sites for hydroxylation is 1. The van der Waals surface area contributed by atoms with E-state index in [9.17, 15) is 9.18 Å². The van der Waals surface area contributed by atoms with Crippen LogP contribution in [0.5, 0.6) is 0 Å². The Morgan fingerprint density at radius 3 is 2.41 bits per heavy atom. The molecule has 0 unspecified atom stereocenters. The van der Waals surface area contributed by atoms with Crippen molar-refractivity contribution in [1.82, 2.24) is 0 Å². The van der Waals surface area contributed by atoms with Crippen LogP contribution in [-0.2, 0) is 10.2 Å². The molecule has 0 saturated heterocycles. The summed E-state index contributed by atoms with van der Waals surface area (Å²) in [4.78, 5) is 14.9. The van der Waals surface area contributed by atoms with E-state index in [-0.39, 0.29) is 11.7 Å². The van der Waals surface area contributed by atoms with Gasteiger partial charge in [0.1, 0.15) is 5.82 Å². The van der Waals surface area contributed by atoms with Crippen molar-refractivity contribution in [3.8, 4) is 0 Å². The third-order valence-corrected chi connectivity index (χ3v) is 4.43. The Balaban J connectivity index is 1.93. The highest BCUT2D eigenvalue weighted by Crippen LogP contribution is 2.50. The first-order chi connectivity index (χ1) is 10.6. The molecule has 0 bridgehead atoms. The molecule has 2 nitrogen and oxygen atoms in total. The van der Waals surface area contributed by atoms with Crippen molar-refractivity contribution in [2.45, 2.75) is 32.1 Å². The number of anilines is 1. The Labute approximate surface area is 130 Å². The van der Waals surface area contributed by atoms with Crippen molar-refractivity contribution in [3.05, 3.63) is 65.5 Å². The lowest BCUT2D eigenvalue weighted by Gasteiger charge is -2.27. The molecule has 114 valence electrons. The second-order valence-electron chi connectivity index (χ2n) is 5.98. The number of halogens is 1. The van der Waals surface area contributed by atoms with E-state index in [1.807, 2.05) is 43.0 Å². The Kier molecular flexibility index (Phi) is 3.73. The van der Waals surface area contributed by atoms with Gasteiger partial charge in [0, 0.05) is 12.2 Å². The average Bonchev–Trinajstić information content (AvgIpc) is 3.30. The van der Waals surface area contributed by atoms with Crippen LogP contribution in [0.1, 0.15) is 30.9 Å². The zero-order valence-electron chi connectivity index (χ0n) is 13.0. The first-order valence-corrected chi connectivity index (χ1v) is 7.71. The lowest BCUT2D eigenvalue weighted by Crippen LogP contribution is -2.39. The van der Waals surface area contributed by atoms with E-state index >= 15 is 0 Å². The molecule has 2 aromatic carbocycles. The highest BCUT2D eigenvalue weighted by Gasteiger charge is 2.53. The molecule has 1 saturated carbocycles. The maximum Gasteiger partial charge on any atom is 0.237 e. The number of nitrogens with zero attached hydrogens (tertiary/aromatic N) is 1. The van der Waals surface area contributed by atoms with Crippen molar-refractivity contribution in [2.75, 3.05) is 11.4 Å². The summed E-state index contributed by atoms with van der Waals surface area (Å²) in [6.45, 7) is 4.64. The van der Waals surface area contributed by atoms with Crippen LogP contribution in [0.2, 0.25) is 0 Å². The summed E-state index contributed by atoms with van der Waals surface area (Å²) in [7, 11) is 0. The van der Waals surface area contributed by atoms with Crippen molar-refractivity contribution in [1.29, 1.82) is 0 Å². The predicted molar refractivity (Wildman–Crippen MR) is 86.5 cm³/mol. The number of hydrogen-bond donors (Lipinski definition) is 0. The number of amides is 1. The minimum absolute atomic E-state index is 0.118. The Morgan fingerprint density at radius 2 is 1.86 bits per heavy atom. The van der Waals surface area contributed by atoms with Gasteiger partial charge in [0.05, 0.1) is 5.41 Å². The monoisotopic (exact) mass is 297 g/mol. The molecule has 0 atom stereocenters. The highest BCUT2D eigenvalue weighted by molar-refractivity contribution is 6.03. The summed E-state index contributed by atoms with van der Waals surface area (Å²) in [6.07, 6.45) is 1.67. The topological polar surface area (TPSA) is 20.3 Å². The van der Waals surface area contributed by atoms with Gasteiger partial charge in [-0.2, -0.15) is 0 Å². The van der Waals surface area contributed by atoms with Crippen LogP contribution < -0.4 is 4.90 Å². The van der Waals surface area contributed by atoms with Crippen molar-refractivity contribution < 1.29 is 9.18 Å². The molecule has 0 heterocycles. The Morgan fingerprint density at radius 1 is 1.18 bits per heavy atom. The maximum atomic E-state index is 13.1. The highest BCUT2D eigenvalue weighted by atomic mass is 19.1. The maximum absolute atomic E-state index is 13.1. The number of likely N-dealkylation sites (N-methyl/N-ethyl adjacent to an activating group) is 1. The quantitative estimate of drug-likeness (QED) is 0.827. The van der Waals surface area contributed by atoms with E-state index in [0.29, 0.717) is 6.54 Å². The van der Waals surface area contributed by atoms with Crippen molar-refractivity contribution in [2.24, 2.45) is 0 Å². The van der Waals surface area contributed by atoms with Gasteiger partial charge in [0.25, 0.3) is 0 Å². The molecule has 1 aliphatic carbocycles. The third kappa shape index (κ3) is 2.52. The zero-order chi connectivity index (χ0) is 15.7. The van der Waals surface area contributed by atoms with Crippen LogP contribution in [-0.4, -0.2) is 12.5 Å². The largest absolute Gasteiger partial charge is 0.312 e. The lowest BCUT2D eigenvalue weighted by molar-refractivity contribution is -0.121. The number of hydrogen-bond acceptors (Lipinski definition) is 1. The van der Waals surface area contributed by atoms with Gasteiger partial charge in [0.2, 0.25) is 5.91 Å². The minimum Gasteiger partial charge on any atom is -0.312 e.